The monoisotopic (exact) mass is 333 g/mol. The fraction of sp³-hybridized carbons (Fsp3) is 0.438. The molecule has 2 fully saturated rings. The quantitative estimate of drug-likeness (QED) is 0.804. The molecule has 24 heavy (non-hydrogen) atoms. The lowest BCUT2D eigenvalue weighted by atomic mass is 10.1. The summed E-state index contributed by atoms with van der Waals surface area (Å²) in [5.41, 5.74) is 0.444. The minimum atomic E-state index is -0.838. The second-order valence-electron chi connectivity index (χ2n) is 5.57. The summed E-state index contributed by atoms with van der Waals surface area (Å²) in [6.45, 7) is 2.01. The van der Waals surface area contributed by atoms with Gasteiger partial charge in [0.25, 0.3) is 5.91 Å². The van der Waals surface area contributed by atoms with Gasteiger partial charge in [-0.25, -0.2) is 9.69 Å². The van der Waals surface area contributed by atoms with Crippen molar-refractivity contribution in [2.75, 3.05) is 38.3 Å². The second-order valence-corrected chi connectivity index (χ2v) is 5.57. The molecule has 4 amide bonds. The summed E-state index contributed by atoms with van der Waals surface area (Å²) in [7, 11) is 1.54. The van der Waals surface area contributed by atoms with Crippen molar-refractivity contribution >= 4 is 23.5 Å². The van der Waals surface area contributed by atoms with Gasteiger partial charge in [0, 0.05) is 13.1 Å². The van der Waals surface area contributed by atoms with Crippen molar-refractivity contribution in [2.24, 2.45) is 0 Å². The number of rotatable bonds is 4. The van der Waals surface area contributed by atoms with Crippen molar-refractivity contribution in [3.63, 3.8) is 0 Å². The molecule has 0 saturated carbocycles. The second kappa shape index (κ2) is 6.88. The Labute approximate surface area is 139 Å². The van der Waals surface area contributed by atoms with Gasteiger partial charge in [-0.05, 0) is 24.3 Å². The number of morpholine rings is 1. The van der Waals surface area contributed by atoms with Gasteiger partial charge >= 0.3 is 6.03 Å². The normalized spacial score (nSPS) is 21.0. The molecule has 8 nitrogen and oxygen atoms in total. The maximum atomic E-state index is 12.5. The van der Waals surface area contributed by atoms with E-state index >= 15 is 0 Å². The first-order valence-electron chi connectivity index (χ1n) is 7.74. The van der Waals surface area contributed by atoms with Crippen LogP contribution < -0.4 is 15.0 Å². The van der Waals surface area contributed by atoms with Crippen LogP contribution in [0, 0.1) is 0 Å². The molecule has 3 rings (SSSR count). The van der Waals surface area contributed by atoms with Crippen LogP contribution in [0.3, 0.4) is 0 Å². The van der Waals surface area contributed by atoms with Gasteiger partial charge in [0.1, 0.15) is 11.8 Å². The number of hydrogen-bond acceptors (Lipinski definition) is 5. The number of amides is 4. The number of carbonyl (C=O) groups excluding carboxylic acids is 3. The van der Waals surface area contributed by atoms with Crippen LogP contribution in [0.1, 0.15) is 6.42 Å². The van der Waals surface area contributed by atoms with E-state index in [2.05, 4.69) is 5.32 Å². The van der Waals surface area contributed by atoms with E-state index in [0.29, 0.717) is 37.7 Å². The topological polar surface area (TPSA) is 88.2 Å². The average Bonchev–Trinajstić information content (AvgIpc) is 2.89. The lowest BCUT2D eigenvalue weighted by Gasteiger charge is -2.27. The predicted molar refractivity (Wildman–Crippen MR) is 84.8 cm³/mol. The molecule has 2 aliphatic heterocycles. The molecule has 1 atom stereocenters. The summed E-state index contributed by atoms with van der Waals surface area (Å²) < 4.78 is 10.3. The Morgan fingerprint density at radius 3 is 2.54 bits per heavy atom. The highest BCUT2D eigenvalue weighted by Crippen LogP contribution is 2.23. The van der Waals surface area contributed by atoms with E-state index in [1.165, 1.54) is 7.11 Å². The Morgan fingerprint density at radius 2 is 1.92 bits per heavy atom. The molecule has 1 aromatic carbocycles. The summed E-state index contributed by atoms with van der Waals surface area (Å²) >= 11 is 0. The Hall–Kier alpha value is -2.61. The summed E-state index contributed by atoms with van der Waals surface area (Å²) in [5, 5.41) is 2.58. The van der Waals surface area contributed by atoms with Crippen LogP contribution in [0.25, 0.3) is 0 Å². The lowest BCUT2D eigenvalue weighted by molar-refractivity contribution is -0.137. The molecule has 2 saturated heterocycles. The van der Waals surface area contributed by atoms with Crippen LogP contribution in [-0.2, 0) is 14.3 Å². The zero-order chi connectivity index (χ0) is 17.1. The molecule has 128 valence electrons. The van der Waals surface area contributed by atoms with E-state index in [-0.39, 0.29) is 12.3 Å². The minimum absolute atomic E-state index is 0.0444. The predicted octanol–water partition coefficient (Wildman–Crippen LogP) is 0.369. The van der Waals surface area contributed by atoms with E-state index in [4.69, 9.17) is 9.47 Å². The van der Waals surface area contributed by atoms with Gasteiger partial charge in [0.05, 0.1) is 32.4 Å². The van der Waals surface area contributed by atoms with Crippen molar-refractivity contribution in [1.82, 2.24) is 10.2 Å². The van der Waals surface area contributed by atoms with Gasteiger partial charge < -0.3 is 19.7 Å². The molecule has 0 unspecified atom stereocenters. The van der Waals surface area contributed by atoms with Gasteiger partial charge in [-0.15, -0.1) is 0 Å². The summed E-state index contributed by atoms with van der Waals surface area (Å²) in [6, 6.07) is 5.23. The molecule has 0 radical (unpaired) electrons. The van der Waals surface area contributed by atoms with Crippen LogP contribution in [0.5, 0.6) is 5.75 Å². The van der Waals surface area contributed by atoms with Crippen LogP contribution in [0.15, 0.2) is 24.3 Å². The first kappa shape index (κ1) is 16.3. The van der Waals surface area contributed by atoms with Gasteiger partial charge in [0.2, 0.25) is 5.91 Å². The van der Waals surface area contributed by atoms with Crippen molar-refractivity contribution in [2.45, 2.75) is 12.5 Å². The van der Waals surface area contributed by atoms with E-state index in [1.54, 1.807) is 29.2 Å². The smallest absolute Gasteiger partial charge is 0.329 e. The van der Waals surface area contributed by atoms with Crippen LogP contribution >= 0.6 is 0 Å². The number of nitrogens with one attached hydrogen (secondary N) is 1. The van der Waals surface area contributed by atoms with E-state index < -0.39 is 18.0 Å². The van der Waals surface area contributed by atoms with Gasteiger partial charge in [-0.2, -0.15) is 0 Å². The Morgan fingerprint density at radius 1 is 1.25 bits per heavy atom. The van der Waals surface area contributed by atoms with Crippen molar-refractivity contribution < 1.29 is 23.9 Å². The molecule has 0 aromatic heterocycles. The third kappa shape index (κ3) is 3.18. The SMILES string of the molecule is COc1ccc(N2C(=O)N[C@@H](CC(=O)N3CCOCC3)C2=O)cc1. The molecular weight excluding hydrogens is 314 g/mol. The van der Waals surface area contributed by atoms with Gasteiger partial charge in [-0.1, -0.05) is 0 Å². The number of nitrogens with zero attached hydrogens (tertiary/aromatic N) is 2. The van der Waals surface area contributed by atoms with E-state index in [9.17, 15) is 14.4 Å². The Bertz CT molecular complexity index is 640. The molecule has 0 bridgehead atoms. The number of urea groups is 1. The number of hydrogen-bond donors (Lipinski definition) is 1. The van der Waals surface area contributed by atoms with E-state index in [1.807, 2.05) is 0 Å². The highest BCUT2D eigenvalue weighted by Gasteiger charge is 2.40. The minimum Gasteiger partial charge on any atom is -0.497 e. The van der Waals surface area contributed by atoms with Crippen molar-refractivity contribution in [3.8, 4) is 5.75 Å². The molecule has 1 aromatic rings. The Kier molecular flexibility index (Phi) is 4.66. The molecule has 2 heterocycles. The van der Waals surface area contributed by atoms with Crippen LogP contribution in [0.4, 0.5) is 10.5 Å². The van der Waals surface area contributed by atoms with Crippen LogP contribution in [-0.4, -0.2) is 62.2 Å². The van der Waals surface area contributed by atoms with Gasteiger partial charge in [0.15, 0.2) is 0 Å². The van der Waals surface area contributed by atoms with Crippen molar-refractivity contribution in [3.05, 3.63) is 24.3 Å². The fourth-order valence-corrected chi connectivity index (χ4v) is 2.76. The molecule has 0 aliphatic carbocycles. The third-order valence-corrected chi connectivity index (χ3v) is 4.09. The number of benzene rings is 1. The number of imide groups is 1. The number of ether oxygens (including phenoxy) is 2. The maximum Gasteiger partial charge on any atom is 0.329 e. The highest BCUT2D eigenvalue weighted by atomic mass is 16.5. The van der Waals surface area contributed by atoms with E-state index in [0.717, 1.165) is 4.90 Å². The third-order valence-electron chi connectivity index (χ3n) is 4.09. The summed E-state index contributed by atoms with van der Waals surface area (Å²) in [5.74, 6) is 0.0464. The highest BCUT2D eigenvalue weighted by molar-refractivity contribution is 6.22. The zero-order valence-electron chi connectivity index (χ0n) is 13.4. The number of anilines is 1. The maximum absolute atomic E-state index is 12.5. The summed E-state index contributed by atoms with van der Waals surface area (Å²) in [6.07, 6.45) is -0.0444. The largest absolute Gasteiger partial charge is 0.497 e. The number of methoxy groups -OCH3 is 1. The summed E-state index contributed by atoms with van der Waals surface area (Å²) in [4.78, 5) is 39.6. The zero-order valence-corrected chi connectivity index (χ0v) is 13.4. The molecule has 0 spiro atoms. The lowest BCUT2D eigenvalue weighted by Crippen LogP contribution is -2.44. The van der Waals surface area contributed by atoms with Crippen molar-refractivity contribution in [1.29, 1.82) is 0 Å². The van der Waals surface area contributed by atoms with Crippen LogP contribution in [0.2, 0.25) is 0 Å². The standard InChI is InChI=1S/C16H19N3O5/c1-23-12-4-2-11(3-5-12)19-15(21)13(17-16(19)22)10-14(20)18-6-8-24-9-7-18/h2-5,13H,6-10H2,1H3,(H,17,22)/t13-/m0/s1. The molecule has 1 N–H and O–H groups in total. The number of carbonyl (C=O) groups is 3. The molecule has 2 aliphatic rings. The Balaban J connectivity index is 1.67. The van der Waals surface area contributed by atoms with Gasteiger partial charge in [-0.3, -0.25) is 9.59 Å². The first-order chi connectivity index (χ1) is 11.6. The fourth-order valence-electron chi connectivity index (χ4n) is 2.76. The molecular formula is C16H19N3O5. The molecule has 8 heteroatoms. The first-order valence-corrected chi connectivity index (χ1v) is 7.74. The average molecular weight is 333 g/mol.